The zero-order valence-electron chi connectivity index (χ0n) is 12.4. The first-order valence-electron chi connectivity index (χ1n) is 6.49. The highest BCUT2D eigenvalue weighted by atomic mass is 127. The SMILES string of the molecule is COc1ccccc1NC(N)=NCC(C)(O)c1cccs1.I. The number of halogens is 1. The molecule has 1 aromatic carbocycles. The standard InChI is InChI=1S/C15H19N3O2S.HI/c1-15(19,13-8-5-9-21-13)10-17-14(16)18-11-6-3-4-7-12(11)20-2;/h3-9,19H,10H2,1-2H3,(H3,16,17,18);1H. The van der Waals surface area contributed by atoms with E-state index in [9.17, 15) is 5.11 Å². The molecule has 0 aliphatic carbocycles. The van der Waals surface area contributed by atoms with Gasteiger partial charge in [-0.05, 0) is 30.5 Å². The maximum atomic E-state index is 10.4. The maximum absolute atomic E-state index is 10.4. The minimum atomic E-state index is -1.03. The Morgan fingerprint density at radius 3 is 2.73 bits per heavy atom. The summed E-state index contributed by atoms with van der Waals surface area (Å²) in [5.74, 6) is 0.914. The van der Waals surface area contributed by atoms with Gasteiger partial charge in [-0.3, -0.25) is 0 Å². The normalized spacial score (nSPS) is 13.9. The number of para-hydroxylation sites is 2. The minimum absolute atomic E-state index is 0. The molecule has 22 heavy (non-hydrogen) atoms. The van der Waals surface area contributed by atoms with E-state index in [4.69, 9.17) is 10.5 Å². The number of guanidine groups is 1. The molecule has 0 saturated carbocycles. The van der Waals surface area contributed by atoms with Gasteiger partial charge in [-0.2, -0.15) is 0 Å². The van der Waals surface area contributed by atoms with E-state index in [1.165, 1.54) is 11.3 Å². The third-order valence-electron chi connectivity index (χ3n) is 2.98. The van der Waals surface area contributed by atoms with Crippen molar-refractivity contribution in [3.63, 3.8) is 0 Å². The van der Waals surface area contributed by atoms with E-state index in [0.29, 0.717) is 5.75 Å². The van der Waals surface area contributed by atoms with Gasteiger partial charge in [0.15, 0.2) is 5.96 Å². The molecule has 1 heterocycles. The summed E-state index contributed by atoms with van der Waals surface area (Å²) in [6, 6.07) is 11.2. The Morgan fingerprint density at radius 1 is 1.36 bits per heavy atom. The van der Waals surface area contributed by atoms with Crippen LogP contribution in [0, 0.1) is 0 Å². The van der Waals surface area contributed by atoms with E-state index in [1.807, 2.05) is 41.8 Å². The first kappa shape index (κ1) is 18.7. The Hall–Kier alpha value is -1.32. The Morgan fingerprint density at radius 2 is 2.09 bits per heavy atom. The van der Waals surface area contributed by atoms with Crippen LogP contribution in [0.5, 0.6) is 5.75 Å². The van der Waals surface area contributed by atoms with E-state index in [1.54, 1.807) is 14.0 Å². The van der Waals surface area contributed by atoms with Crippen molar-refractivity contribution in [2.75, 3.05) is 19.0 Å². The molecule has 1 aromatic heterocycles. The predicted octanol–water partition coefficient (Wildman–Crippen LogP) is 3.01. The smallest absolute Gasteiger partial charge is 0.193 e. The lowest BCUT2D eigenvalue weighted by Crippen LogP contribution is -2.29. The number of methoxy groups -OCH3 is 1. The van der Waals surface area contributed by atoms with Crippen LogP contribution in [0.25, 0.3) is 0 Å². The number of hydrogen-bond acceptors (Lipinski definition) is 4. The van der Waals surface area contributed by atoms with Gasteiger partial charge in [0.2, 0.25) is 0 Å². The zero-order valence-corrected chi connectivity index (χ0v) is 15.6. The number of nitrogens with zero attached hydrogens (tertiary/aromatic N) is 1. The van der Waals surface area contributed by atoms with Crippen LogP contribution in [-0.4, -0.2) is 24.7 Å². The molecule has 1 unspecified atom stereocenters. The lowest BCUT2D eigenvalue weighted by atomic mass is 10.1. The van der Waals surface area contributed by atoms with Crippen LogP contribution >= 0.6 is 35.3 Å². The van der Waals surface area contributed by atoms with E-state index >= 15 is 0 Å². The number of ether oxygens (including phenoxy) is 1. The van der Waals surface area contributed by atoms with Crippen LogP contribution in [-0.2, 0) is 5.60 Å². The second-order valence-electron chi connectivity index (χ2n) is 4.78. The molecule has 0 aliphatic rings. The number of benzene rings is 1. The van der Waals surface area contributed by atoms with Crippen LogP contribution in [0.15, 0.2) is 46.8 Å². The van der Waals surface area contributed by atoms with Crippen LogP contribution in [0.2, 0.25) is 0 Å². The number of anilines is 1. The van der Waals surface area contributed by atoms with Gasteiger partial charge in [-0.1, -0.05) is 18.2 Å². The second kappa shape index (κ2) is 8.35. The maximum Gasteiger partial charge on any atom is 0.193 e. The molecular formula is C15H20IN3O2S. The fourth-order valence-electron chi connectivity index (χ4n) is 1.83. The van der Waals surface area contributed by atoms with Gasteiger partial charge in [0, 0.05) is 4.88 Å². The molecule has 0 radical (unpaired) electrons. The van der Waals surface area contributed by atoms with Gasteiger partial charge in [-0.15, -0.1) is 35.3 Å². The molecule has 0 fully saturated rings. The van der Waals surface area contributed by atoms with Gasteiger partial charge < -0.3 is 20.9 Å². The lowest BCUT2D eigenvalue weighted by molar-refractivity contribution is 0.0713. The molecule has 0 amide bonds. The summed E-state index contributed by atoms with van der Waals surface area (Å²) >= 11 is 1.49. The molecular weight excluding hydrogens is 413 g/mol. The molecule has 0 spiro atoms. The van der Waals surface area contributed by atoms with Crippen LogP contribution in [0.4, 0.5) is 5.69 Å². The highest BCUT2D eigenvalue weighted by molar-refractivity contribution is 14.0. The average molecular weight is 433 g/mol. The van der Waals surface area contributed by atoms with Crippen LogP contribution < -0.4 is 15.8 Å². The Labute approximate surface area is 151 Å². The fourth-order valence-corrected chi connectivity index (χ4v) is 2.61. The molecule has 2 aromatic rings. The van der Waals surface area contributed by atoms with Gasteiger partial charge >= 0.3 is 0 Å². The molecule has 7 heteroatoms. The largest absolute Gasteiger partial charge is 0.495 e. The number of aliphatic imine (C=N–C) groups is 1. The van der Waals surface area contributed by atoms with Gasteiger partial charge in [0.25, 0.3) is 0 Å². The van der Waals surface area contributed by atoms with Crippen molar-refractivity contribution < 1.29 is 9.84 Å². The van der Waals surface area contributed by atoms with Crippen LogP contribution in [0.3, 0.4) is 0 Å². The quantitative estimate of drug-likeness (QED) is 0.385. The summed E-state index contributed by atoms with van der Waals surface area (Å²) in [4.78, 5) is 5.06. The number of rotatable bonds is 5. The molecule has 0 bridgehead atoms. The number of nitrogens with one attached hydrogen (secondary N) is 1. The summed E-state index contributed by atoms with van der Waals surface area (Å²) < 4.78 is 5.23. The van der Waals surface area contributed by atoms with E-state index in [0.717, 1.165) is 10.6 Å². The van der Waals surface area contributed by atoms with Crippen molar-refractivity contribution in [3.8, 4) is 5.75 Å². The van der Waals surface area contributed by atoms with Gasteiger partial charge in [-0.25, -0.2) is 4.99 Å². The monoisotopic (exact) mass is 433 g/mol. The van der Waals surface area contributed by atoms with Crippen LogP contribution in [0.1, 0.15) is 11.8 Å². The van der Waals surface area contributed by atoms with Crippen molar-refractivity contribution in [1.29, 1.82) is 0 Å². The molecule has 5 nitrogen and oxygen atoms in total. The van der Waals surface area contributed by atoms with Gasteiger partial charge in [0.05, 0.1) is 19.3 Å². The lowest BCUT2D eigenvalue weighted by Gasteiger charge is -2.19. The number of thiophene rings is 1. The minimum Gasteiger partial charge on any atom is -0.495 e. The number of hydrogen-bond donors (Lipinski definition) is 3. The molecule has 1 atom stereocenters. The summed E-state index contributed by atoms with van der Waals surface area (Å²) in [5, 5.41) is 15.3. The molecule has 4 N–H and O–H groups in total. The summed E-state index contributed by atoms with van der Waals surface area (Å²) in [5.41, 5.74) is 5.57. The summed E-state index contributed by atoms with van der Waals surface area (Å²) in [6.07, 6.45) is 0. The Balaban J connectivity index is 0.00000242. The van der Waals surface area contributed by atoms with Crippen molar-refractivity contribution in [2.24, 2.45) is 10.7 Å². The van der Waals surface area contributed by atoms with Crippen molar-refractivity contribution in [3.05, 3.63) is 46.7 Å². The van der Waals surface area contributed by atoms with Crippen molar-refractivity contribution in [2.45, 2.75) is 12.5 Å². The predicted molar refractivity (Wildman–Crippen MR) is 102 cm³/mol. The van der Waals surface area contributed by atoms with Gasteiger partial charge in [0.1, 0.15) is 11.4 Å². The zero-order chi connectivity index (χ0) is 15.3. The molecule has 2 rings (SSSR count). The topological polar surface area (TPSA) is 79.9 Å². The highest BCUT2D eigenvalue weighted by Gasteiger charge is 2.23. The second-order valence-corrected chi connectivity index (χ2v) is 5.73. The van der Waals surface area contributed by atoms with Crippen molar-refractivity contribution in [1.82, 2.24) is 0 Å². The fraction of sp³-hybridized carbons (Fsp3) is 0.267. The molecule has 0 aliphatic heterocycles. The van der Waals surface area contributed by atoms with E-state index in [-0.39, 0.29) is 36.5 Å². The third-order valence-corrected chi connectivity index (χ3v) is 4.10. The van der Waals surface area contributed by atoms with Crippen molar-refractivity contribution >= 4 is 47.0 Å². The number of aliphatic hydroxyl groups is 1. The summed E-state index contributed by atoms with van der Waals surface area (Å²) in [7, 11) is 1.59. The van der Waals surface area contributed by atoms with E-state index in [2.05, 4.69) is 10.3 Å². The average Bonchev–Trinajstić information content (AvgIpc) is 3.01. The number of nitrogens with two attached hydrogens (primary N) is 1. The molecule has 120 valence electrons. The summed E-state index contributed by atoms with van der Waals surface area (Å²) in [6.45, 7) is 1.90. The third kappa shape index (κ3) is 4.85. The molecule has 0 saturated heterocycles. The van der Waals surface area contributed by atoms with E-state index < -0.39 is 5.60 Å². The Kier molecular flexibility index (Phi) is 7.11. The first-order chi connectivity index (χ1) is 10.0. The first-order valence-corrected chi connectivity index (χ1v) is 7.37. The highest BCUT2D eigenvalue weighted by Crippen LogP contribution is 2.26. The Bertz CT molecular complexity index is 615.